The monoisotopic (exact) mass is 792 g/mol. The van der Waals surface area contributed by atoms with Crippen LogP contribution < -0.4 is 19.7 Å². The molecule has 0 aromatic heterocycles. The Morgan fingerprint density at radius 2 is 1.62 bits per heavy atom. The van der Waals surface area contributed by atoms with Crippen LogP contribution in [0.1, 0.15) is 97.6 Å². The molecule has 11 nitrogen and oxygen atoms in total. The van der Waals surface area contributed by atoms with Gasteiger partial charge < -0.3 is 24.6 Å². The molecule has 0 unspecified atom stereocenters. The second kappa shape index (κ2) is 18.3. The third kappa shape index (κ3) is 10.4. The zero-order chi connectivity index (χ0) is 39.8. The van der Waals surface area contributed by atoms with Crippen molar-refractivity contribution in [3.05, 3.63) is 78.4 Å². The smallest absolute Gasteiger partial charge is 0.329 e. The predicted molar refractivity (Wildman–Crippen MR) is 217 cm³/mol. The summed E-state index contributed by atoms with van der Waals surface area (Å²) in [5.41, 5.74) is 0.556. The van der Waals surface area contributed by atoms with E-state index >= 15 is 0 Å². The normalized spacial score (nSPS) is 18.2. The number of fused-ring (bicyclic) bond motifs is 1. The zero-order valence-corrected chi connectivity index (χ0v) is 34.6. The Kier molecular flexibility index (Phi) is 14.0. The van der Waals surface area contributed by atoms with Crippen molar-refractivity contribution in [3.63, 3.8) is 0 Å². The number of amides is 2. The van der Waals surface area contributed by atoms with Crippen LogP contribution in [-0.4, -0.2) is 74.2 Å². The van der Waals surface area contributed by atoms with Gasteiger partial charge in [-0.05, 0) is 76.5 Å². The maximum Gasteiger partial charge on any atom is 0.329 e. The van der Waals surface area contributed by atoms with E-state index in [2.05, 4.69) is 28.8 Å². The van der Waals surface area contributed by atoms with E-state index < -0.39 is 57.6 Å². The molecule has 1 saturated heterocycles. The van der Waals surface area contributed by atoms with E-state index in [0.717, 1.165) is 31.4 Å². The standard InChI is InChI=1S/C42H56N4O7S2/c1-7-9-23-42(24-10-8-2)29-46(31-20-15-12-16-21-31)33-26-35(54-6)34(27-36(33)55(50,51)44-42)52-28-37(47)43-38(30-18-13-11-14-19-30)39(48)45-25-17-22-32(45)40(49)53-41(3,4)5/h11-16,18-21,26-27,32,38,44H,7-10,17,22-25,28-29H2,1-6H3,(H,43,47)/t32-,38+/m0/s1. The number of rotatable bonds is 15. The van der Waals surface area contributed by atoms with Gasteiger partial charge in [-0.15, -0.1) is 11.8 Å². The number of unbranched alkanes of at least 4 members (excludes halogenated alkanes) is 2. The molecular weight excluding hydrogens is 737 g/mol. The third-order valence-corrected chi connectivity index (χ3v) is 12.3. The first-order valence-electron chi connectivity index (χ1n) is 19.3. The number of anilines is 2. The molecule has 2 aliphatic heterocycles. The van der Waals surface area contributed by atoms with Crippen molar-refractivity contribution in [3.8, 4) is 5.75 Å². The third-order valence-electron chi connectivity index (χ3n) is 9.98. The molecule has 2 N–H and O–H groups in total. The topological polar surface area (TPSA) is 134 Å². The molecule has 5 rings (SSSR count). The molecular formula is C42H56N4O7S2. The van der Waals surface area contributed by atoms with Crippen molar-refractivity contribution in [2.45, 2.75) is 119 Å². The molecule has 0 spiro atoms. The van der Waals surface area contributed by atoms with Crippen LogP contribution in [-0.2, 0) is 29.1 Å². The van der Waals surface area contributed by atoms with Crippen molar-refractivity contribution in [1.82, 2.24) is 14.9 Å². The van der Waals surface area contributed by atoms with E-state index in [1.165, 1.54) is 22.7 Å². The van der Waals surface area contributed by atoms with E-state index in [1.54, 1.807) is 45.0 Å². The van der Waals surface area contributed by atoms with E-state index in [0.29, 0.717) is 54.9 Å². The van der Waals surface area contributed by atoms with Crippen LogP contribution in [0.2, 0.25) is 0 Å². The fourth-order valence-corrected chi connectivity index (χ4v) is 9.54. The van der Waals surface area contributed by atoms with Crippen molar-refractivity contribution in [1.29, 1.82) is 0 Å². The lowest BCUT2D eigenvalue weighted by atomic mass is 9.87. The largest absolute Gasteiger partial charge is 0.483 e. The van der Waals surface area contributed by atoms with Gasteiger partial charge in [-0.2, -0.15) is 0 Å². The number of para-hydroxylation sites is 1. The van der Waals surface area contributed by atoms with Crippen molar-refractivity contribution >= 4 is 50.9 Å². The molecule has 0 bridgehead atoms. The number of hydrogen-bond acceptors (Lipinski definition) is 9. The summed E-state index contributed by atoms with van der Waals surface area (Å²) in [6.07, 6.45) is 7.96. The van der Waals surface area contributed by atoms with Gasteiger partial charge in [0.1, 0.15) is 28.3 Å². The number of carbonyl (C=O) groups is 3. The summed E-state index contributed by atoms with van der Waals surface area (Å²) in [6, 6.07) is 20.2. The lowest BCUT2D eigenvalue weighted by Gasteiger charge is -2.37. The van der Waals surface area contributed by atoms with E-state index in [1.807, 2.05) is 48.7 Å². The molecule has 1 fully saturated rings. The maximum absolute atomic E-state index is 14.4. The fraction of sp³-hybridized carbons (Fsp3) is 0.500. The molecule has 2 heterocycles. The summed E-state index contributed by atoms with van der Waals surface area (Å²) in [5.74, 6) is -1.24. The highest BCUT2D eigenvalue weighted by molar-refractivity contribution is 7.98. The van der Waals surface area contributed by atoms with Gasteiger partial charge in [0.2, 0.25) is 10.0 Å². The first-order chi connectivity index (χ1) is 26.2. The number of ether oxygens (including phenoxy) is 2. The highest BCUT2D eigenvalue weighted by Gasteiger charge is 2.43. The van der Waals surface area contributed by atoms with Crippen LogP contribution in [0.15, 0.2) is 82.6 Å². The van der Waals surface area contributed by atoms with Crippen LogP contribution in [0.3, 0.4) is 0 Å². The number of likely N-dealkylation sites (tertiary alicyclic amines) is 1. The number of benzene rings is 3. The van der Waals surface area contributed by atoms with E-state index in [9.17, 15) is 22.8 Å². The second-order valence-electron chi connectivity index (χ2n) is 15.4. The van der Waals surface area contributed by atoms with Gasteiger partial charge in [0.25, 0.3) is 11.8 Å². The number of carbonyl (C=O) groups excluding carboxylic acids is 3. The average molecular weight is 793 g/mol. The molecule has 0 radical (unpaired) electrons. The van der Waals surface area contributed by atoms with Gasteiger partial charge in [-0.3, -0.25) is 9.59 Å². The molecule has 2 amide bonds. The van der Waals surface area contributed by atoms with E-state index in [-0.39, 0.29) is 10.6 Å². The van der Waals surface area contributed by atoms with Gasteiger partial charge in [0.05, 0.1) is 16.1 Å². The maximum atomic E-state index is 14.4. The molecule has 55 heavy (non-hydrogen) atoms. The summed E-state index contributed by atoms with van der Waals surface area (Å²) >= 11 is 1.39. The minimum Gasteiger partial charge on any atom is -0.483 e. The summed E-state index contributed by atoms with van der Waals surface area (Å²) in [6.45, 7) is 9.90. The Morgan fingerprint density at radius 1 is 0.982 bits per heavy atom. The second-order valence-corrected chi connectivity index (χ2v) is 17.9. The minimum atomic E-state index is -4.04. The van der Waals surface area contributed by atoms with Crippen molar-refractivity contribution in [2.75, 3.05) is 30.9 Å². The summed E-state index contributed by atoms with van der Waals surface area (Å²) in [4.78, 5) is 45.2. The molecule has 13 heteroatoms. The quantitative estimate of drug-likeness (QED) is 0.118. The predicted octanol–water partition coefficient (Wildman–Crippen LogP) is 7.53. The molecule has 0 saturated carbocycles. The van der Waals surface area contributed by atoms with Crippen LogP contribution in [0.25, 0.3) is 0 Å². The van der Waals surface area contributed by atoms with E-state index in [4.69, 9.17) is 9.47 Å². The number of nitrogens with zero attached hydrogens (tertiary/aromatic N) is 2. The van der Waals surface area contributed by atoms with Gasteiger partial charge in [-0.1, -0.05) is 88.1 Å². The lowest BCUT2D eigenvalue weighted by molar-refractivity contribution is -0.163. The van der Waals surface area contributed by atoms with Crippen LogP contribution in [0, 0.1) is 0 Å². The molecule has 2 atom stereocenters. The Hall–Kier alpha value is -4.07. The molecule has 2 aliphatic rings. The first-order valence-corrected chi connectivity index (χ1v) is 22.0. The van der Waals surface area contributed by atoms with Gasteiger partial charge in [0.15, 0.2) is 6.61 Å². The Labute approximate surface area is 331 Å². The number of thioether (sulfide) groups is 1. The molecule has 0 aliphatic carbocycles. The average Bonchev–Trinajstić information content (AvgIpc) is 3.63. The molecule has 3 aromatic carbocycles. The first kappa shape index (κ1) is 42.1. The van der Waals surface area contributed by atoms with Gasteiger partial charge in [-0.25, -0.2) is 17.9 Å². The van der Waals surface area contributed by atoms with Crippen LogP contribution in [0.5, 0.6) is 5.75 Å². The SMILES string of the molecule is CCCCC1(CCCC)CN(c2ccccc2)c2cc(SC)c(OCC(=O)N[C@@H](C(=O)N3CCC[C@H]3C(=O)OC(C)(C)C)c3ccccc3)cc2S(=O)(=O)N1. The Balaban J connectivity index is 1.44. The van der Waals surface area contributed by atoms with Gasteiger partial charge >= 0.3 is 5.97 Å². The summed E-state index contributed by atoms with van der Waals surface area (Å²) < 4.78 is 43.7. The Bertz CT molecular complexity index is 1890. The van der Waals surface area contributed by atoms with Crippen LogP contribution >= 0.6 is 11.8 Å². The Morgan fingerprint density at radius 3 is 2.22 bits per heavy atom. The fourth-order valence-electron chi connectivity index (χ4n) is 7.33. The number of hydrogen-bond donors (Lipinski definition) is 2. The summed E-state index contributed by atoms with van der Waals surface area (Å²) in [5, 5.41) is 2.84. The minimum absolute atomic E-state index is 0.0685. The number of esters is 1. The van der Waals surface area contributed by atoms with Crippen molar-refractivity contribution < 1.29 is 32.3 Å². The van der Waals surface area contributed by atoms with Gasteiger partial charge in [0, 0.05) is 24.8 Å². The van der Waals surface area contributed by atoms with Crippen molar-refractivity contribution in [2.24, 2.45) is 0 Å². The summed E-state index contributed by atoms with van der Waals surface area (Å²) in [7, 11) is -4.04. The molecule has 298 valence electrons. The molecule has 3 aromatic rings. The zero-order valence-electron chi connectivity index (χ0n) is 32.9. The highest BCUT2D eigenvalue weighted by atomic mass is 32.2. The lowest BCUT2D eigenvalue weighted by Crippen LogP contribution is -2.53. The number of nitrogens with one attached hydrogen (secondary N) is 2. The number of sulfonamides is 1. The van der Waals surface area contributed by atoms with Crippen LogP contribution in [0.4, 0.5) is 11.4 Å². The highest BCUT2D eigenvalue weighted by Crippen LogP contribution is 2.44.